The highest BCUT2D eigenvalue weighted by Gasteiger charge is 2.18. The first kappa shape index (κ1) is 14.4. The number of halogens is 1. The van der Waals surface area contributed by atoms with Crippen LogP contribution in [0.4, 0.5) is 5.69 Å². The van der Waals surface area contributed by atoms with Gasteiger partial charge in [-0.1, -0.05) is 0 Å². The molecule has 2 heterocycles. The van der Waals surface area contributed by atoms with E-state index in [1.165, 1.54) is 18.5 Å². The maximum absolute atomic E-state index is 12.2. The highest BCUT2D eigenvalue weighted by atomic mass is 79.9. The van der Waals surface area contributed by atoms with Crippen LogP contribution in [-0.4, -0.2) is 25.1 Å². The average Bonchev–Trinajstić information content (AvgIpc) is 2.82. The molecule has 0 aliphatic heterocycles. The Hall–Kier alpha value is -0.960. The van der Waals surface area contributed by atoms with Crippen LogP contribution in [0.25, 0.3) is 0 Å². The van der Waals surface area contributed by atoms with Gasteiger partial charge in [-0.3, -0.25) is 9.71 Å². The molecule has 0 unspecified atom stereocenters. The molecule has 0 aliphatic carbocycles. The number of hydrogen-bond donors (Lipinski definition) is 2. The van der Waals surface area contributed by atoms with Crippen molar-refractivity contribution in [3.63, 3.8) is 0 Å². The van der Waals surface area contributed by atoms with Crippen LogP contribution in [0.15, 0.2) is 39.3 Å². The van der Waals surface area contributed by atoms with Crippen molar-refractivity contribution < 1.29 is 13.5 Å². The number of aromatic nitrogens is 1. The molecule has 2 rings (SSSR count). The Labute approximate surface area is 123 Å². The minimum absolute atomic E-state index is 0.00331. The number of hydrogen-bond acceptors (Lipinski definition) is 5. The number of nitrogens with zero attached hydrogens (tertiary/aromatic N) is 1. The molecule has 0 spiro atoms. The SMILES string of the molecule is O=S(=O)(Nc1ccncc1Br)c1ccc(CCO)s1. The lowest BCUT2D eigenvalue weighted by Crippen LogP contribution is -2.11. The Balaban J connectivity index is 2.25. The lowest BCUT2D eigenvalue weighted by atomic mass is 10.4. The van der Waals surface area contributed by atoms with Gasteiger partial charge in [-0.25, -0.2) is 8.42 Å². The van der Waals surface area contributed by atoms with E-state index >= 15 is 0 Å². The molecule has 19 heavy (non-hydrogen) atoms. The van der Waals surface area contributed by atoms with E-state index in [0.29, 0.717) is 16.6 Å². The highest BCUT2D eigenvalue weighted by Crippen LogP contribution is 2.27. The van der Waals surface area contributed by atoms with Crippen molar-refractivity contribution in [1.82, 2.24) is 4.98 Å². The lowest BCUT2D eigenvalue weighted by Gasteiger charge is -2.07. The van der Waals surface area contributed by atoms with Crippen LogP contribution in [0.1, 0.15) is 4.88 Å². The first-order valence-corrected chi connectivity index (χ1v) is 8.44. The summed E-state index contributed by atoms with van der Waals surface area (Å²) >= 11 is 4.38. The second-order valence-corrected chi connectivity index (χ2v) is 7.59. The van der Waals surface area contributed by atoms with Crippen LogP contribution in [-0.2, 0) is 16.4 Å². The fourth-order valence-corrected chi connectivity index (χ4v) is 4.31. The summed E-state index contributed by atoms with van der Waals surface area (Å²) in [4.78, 5) is 4.70. The summed E-state index contributed by atoms with van der Waals surface area (Å²) in [6.07, 6.45) is 3.48. The second-order valence-electron chi connectivity index (χ2n) is 3.66. The number of rotatable bonds is 5. The third-order valence-corrected chi connectivity index (χ3v) is 5.91. The zero-order valence-corrected chi connectivity index (χ0v) is 12.9. The number of aliphatic hydroxyl groups excluding tert-OH is 1. The molecular formula is C11H11BrN2O3S2. The van der Waals surface area contributed by atoms with E-state index < -0.39 is 10.0 Å². The molecular weight excluding hydrogens is 352 g/mol. The van der Waals surface area contributed by atoms with Crippen LogP contribution < -0.4 is 4.72 Å². The Morgan fingerprint density at radius 1 is 1.37 bits per heavy atom. The van der Waals surface area contributed by atoms with Gasteiger partial charge in [0.25, 0.3) is 10.0 Å². The van der Waals surface area contributed by atoms with Crippen LogP contribution >= 0.6 is 27.3 Å². The Morgan fingerprint density at radius 2 is 2.16 bits per heavy atom. The molecule has 2 aromatic heterocycles. The summed E-state index contributed by atoms with van der Waals surface area (Å²) in [5.74, 6) is 0. The predicted octanol–water partition coefficient (Wildman–Crippen LogP) is 2.24. The van der Waals surface area contributed by atoms with E-state index in [0.717, 1.165) is 16.2 Å². The van der Waals surface area contributed by atoms with Gasteiger partial charge in [0.05, 0.1) is 10.2 Å². The number of anilines is 1. The molecule has 102 valence electrons. The van der Waals surface area contributed by atoms with E-state index in [4.69, 9.17) is 5.11 Å². The fraction of sp³-hybridized carbons (Fsp3) is 0.182. The molecule has 0 bridgehead atoms. The second kappa shape index (κ2) is 6.00. The summed E-state index contributed by atoms with van der Waals surface area (Å²) in [7, 11) is -3.60. The minimum Gasteiger partial charge on any atom is -0.396 e. The van der Waals surface area contributed by atoms with Gasteiger partial charge < -0.3 is 5.11 Å². The summed E-state index contributed by atoms with van der Waals surface area (Å²) in [5.41, 5.74) is 0.437. The average molecular weight is 363 g/mol. The van der Waals surface area contributed by atoms with Crippen molar-refractivity contribution in [1.29, 1.82) is 0 Å². The summed E-state index contributed by atoms with van der Waals surface area (Å²) in [5, 5.41) is 8.83. The van der Waals surface area contributed by atoms with Crippen molar-refractivity contribution in [2.45, 2.75) is 10.6 Å². The van der Waals surface area contributed by atoms with Crippen LogP contribution in [0.3, 0.4) is 0 Å². The predicted molar refractivity (Wildman–Crippen MR) is 77.9 cm³/mol. The number of aliphatic hydroxyl groups is 1. The lowest BCUT2D eigenvalue weighted by molar-refractivity contribution is 0.300. The summed E-state index contributed by atoms with van der Waals surface area (Å²) < 4.78 is 27.6. The maximum Gasteiger partial charge on any atom is 0.271 e. The first-order chi connectivity index (χ1) is 9.03. The van der Waals surface area contributed by atoms with E-state index in [-0.39, 0.29) is 10.8 Å². The van der Waals surface area contributed by atoms with Crippen molar-refractivity contribution in [2.75, 3.05) is 11.3 Å². The normalized spacial score (nSPS) is 11.5. The molecule has 8 heteroatoms. The van der Waals surface area contributed by atoms with Gasteiger partial charge in [0.2, 0.25) is 0 Å². The largest absolute Gasteiger partial charge is 0.396 e. The zero-order valence-electron chi connectivity index (χ0n) is 9.71. The van der Waals surface area contributed by atoms with Gasteiger partial charge in [0, 0.05) is 30.3 Å². The number of nitrogens with one attached hydrogen (secondary N) is 1. The molecule has 0 fully saturated rings. The Kier molecular flexibility index (Phi) is 4.56. The fourth-order valence-electron chi connectivity index (χ4n) is 1.40. The van der Waals surface area contributed by atoms with Crippen molar-refractivity contribution in [3.8, 4) is 0 Å². The first-order valence-electron chi connectivity index (χ1n) is 5.35. The number of thiophene rings is 1. The van der Waals surface area contributed by atoms with Crippen LogP contribution in [0, 0.1) is 0 Å². The third kappa shape index (κ3) is 3.53. The van der Waals surface area contributed by atoms with E-state index in [2.05, 4.69) is 25.6 Å². The molecule has 0 radical (unpaired) electrons. The molecule has 0 amide bonds. The molecule has 5 nitrogen and oxygen atoms in total. The van der Waals surface area contributed by atoms with Gasteiger partial charge in [0.1, 0.15) is 4.21 Å². The molecule has 2 aromatic rings. The van der Waals surface area contributed by atoms with Crippen LogP contribution in [0.5, 0.6) is 0 Å². The van der Waals surface area contributed by atoms with Gasteiger partial charge in [-0.05, 0) is 34.1 Å². The van der Waals surface area contributed by atoms with Gasteiger partial charge in [0.15, 0.2) is 0 Å². The zero-order chi connectivity index (χ0) is 13.9. The topological polar surface area (TPSA) is 79.3 Å². The molecule has 0 aliphatic rings. The van der Waals surface area contributed by atoms with Gasteiger partial charge >= 0.3 is 0 Å². The standard InChI is InChI=1S/C11H11BrN2O3S2/c12-9-7-13-5-3-10(9)14-19(16,17)11-2-1-8(18-11)4-6-15/h1-3,5,7,15H,4,6H2,(H,13,14). The van der Waals surface area contributed by atoms with Gasteiger partial charge in [-0.15, -0.1) is 11.3 Å². The third-order valence-electron chi connectivity index (χ3n) is 2.28. The Bertz CT molecular complexity index is 670. The monoisotopic (exact) mass is 362 g/mol. The molecule has 0 atom stereocenters. The minimum atomic E-state index is -3.60. The van der Waals surface area contributed by atoms with E-state index in [1.807, 2.05) is 0 Å². The van der Waals surface area contributed by atoms with Gasteiger partial charge in [-0.2, -0.15) is 0 Å². The van der Waals surface area contributed by atoms with Crippen molar-refractivity contribution in [2.24, 2.45) is 0 Å². The molecule has 0 saturated heterocycles. The van der Waals surface area contributed by atoms with E-state index in [9.17, 15) is 8.42 Å². The maximum atomic E-state index is 12.2. The quantitative estimate of drug-likeness (QED) is 0.854. The summed E-state index contributed by atoms with van der Waals surface area (Å²) in [6, 6.07) is 4.81. The molecule has 0 aromatic carbocycles. The Morgan fingerprint density at radius 3 is 2.84 bits per heavy atom. The number of sulfonamides is 1. The van der Waals surface area contributed by atoms with Crippen molar-refractivity contribution >= 4 is 43.0 Å². The highest BCUT2D eigenvalue weighted by molar-refractivity contribution is 9.10. The van der Waals surface area contributed by atoms with E-state index in [1.54, 1.807) is 12.1 Å². The number of pyridine rings is 1. The smallest absolute Gasteiger partial charge is 0.271 e. The van der Waals surface area contributed by atoms with Crippen LogP contribution in [0.2, 0.25) is 0 Å². The molecule has 0 saturated carbocycles. The molecule has 2 N–H and O–H groups in total. The summed E-state index contributed by atoms with van der Waals surface area (Å²) in [6.45, 7) is 0.00331. The van der Waals surface area contributed by atoms with Crippen molar-refractivity contribution in [3.05, 3.63) is 39.9 Å².